The molecule has 1 fully saturated rings. The second-order valence-corrected chi connectivity index (χ2v) is 7.84. The molecule has 1 N–H and O–H groups in total. The number of carboxylic acid groups (broad SMARTS) is 1. The molecule has 0 spiro atoms. The van der Waals surface area contributed by atoms with Crippen molar-refractivity contribution in [2.45, 2.75) is 32.4 Å². The molecule has 24 heavy (non-hydrogen) atoms. The molecule has 132 valence electrons. The average Bonchev–Trinajstić information content (AvgIpc) is 2.48. The van der Waals surface area contributed by atoms with Gasteiger partial charge in [-0.2, -0.15) is 0 Å². The number of hydrogen-bond donors (Lipinski definition) is 1. The molecule has 0 radical (unpaired) electrons. The van der Waals surface area contributed by atoms with Gasteiger partial charge in [-0.1, -0.05) is 28.1 Å². The van der Waals surface area contributed by atoms with Crippen LogP contribution in [0.4, 0.5) is 4.79 Å². The Morgan fingerprint density at radius 2 is 1.75 bits per heavy atom. The summed E-state index contributed by atoms with van der Waals surface area (Å²) in [7, 11) is 0. The van der Waals surface area contributed by atoms with Crippen LogP contribution in [0.5, 0.6) is 0 Å². The highest BCUT2D eigenvalue weighted by atomic mass is 79.9. The molecule has 1 atom stereocenters. The van der Waals surface area contributed by atoms with Gasteiger partial charge in [0.2, 0.25) is 0 Å². The third-order valence-corrected chi connectivity index (χ3v) is 4.43. The second kappa shape index (κ2) is 7.53. The number of benzene rings is 1. The van der Waals surface area contributed by atoms with Gasteiger partial charge in [-0.25, -0.2) is 4.79 Å². The molecule has 1 amide bonds. The zero-order chi connectivity index (χ0) is 17.9. The summed E-state index contributed by atoms with van der Waals surface area (Å²) in [6.45, 7) is 7.47. The second-order valence-electron chi connectivity index (χ2n) is 6.93. The molecule has 1 aliphatic heterocycles. The highest BCUT2D eigenvalue weighted by Gasteiger charge is 2.32. The van der Waals surface area contributed by atoms with E-state index in [0.29, 0.717) is 31.7 Å². The molecule has 0 aromatic heterocycles. The first-order valence-corrected chi connectivity index (χ1v) is 8.75. The Balaban J connectivity index is 2.02. The summed E-state index contributed by atoms with van der Waals surface area (Å²) in [6, 6.07) is 6.48. The summed E-state index contributed by atoms with van der Waals surface area (Å²) in [6.07, 6.45) is -0.352. The van der Waals surface area contributed by atoms with E-state index in [1.807, 2.05) is 32.9 Å². The van der Waals surface area contributed by atoms with E-state index in [4.69, 9.17) is 4.74 Å². The fourth-order valence-electron chi connectivity index (χ4n) is 2.79. The summed E-state index contributed by atoms with van der Waals surface area (Å²) in [5.74, 6) is -1.10. The Morgan fingerprint density at radius 1 is 1.21 bits per heavy atom. The van der Waals surface area contributed by atoms with Crippen molar-refractivity contribution < 1.29 is 24.3 Å². The summed E-state index contributed by atoms with van der Waals surface area (Å²) in [4.78, 5) is 26.2. The topological polar surface area (TPSA) is 74.1 Å². The van der Waals surface area contributed by atoms with E-state index in [9.17, 15) is 14.7 Å². The monoisotopic (exact) mass is 398 g/mol. The van der Waals surface area contributed by atoms with Gasteiger partial charge in [-0.15, -0.1) is 0 Å². The minimum absolute atomic E-state index is 0.352. The maximum absolute atomic E-state index is 12.1. The normalized spacial score (nSPS) is 17.4. The lowest BCUT2D eigenvalue weighted by molar-refractivity contribution is -0.928. The Kier molecular flexibility index (Phi) is 5.87. The largest absolute Gasteiger partial charge is 0.544 e. The smallest absolute Gasteiger partial charge is 0.410 e. The number of rotatable bonds is 3. The van der Waals surface area contributed by atoms with Gasteiger partial charge < -0.3 is 19.5 Å². The fraction of sp³-hybridized carbons (Fsp3) is 0.529. The van der Waals surface area contributed by atoms with Crippen LogP contribution in [0, 0.1) is 0 Å². The van der Waals surface area contributed by atoms with Gasteiger partial charge in [-0.05, 0) is 32.9 Å². The van der Waals surface area contributed by atoms with Crippen LogP contribution in [0.25, 0.3) is 0 Å². The number of halogens is 1. The lowest BCUT2D eigenvalue weighted by Crippen LogP contribution is -3.16. The van der Waals surface area contributed by atoms with Crippen molar-refractivity contribution in [2.24, 2.45) is 0 Å². The van der Waals surface area contributed by atoms with Crippen LogP contribution in [0.3, 0.4) is 0 Å². The Morgan fingerprint density at radius 3 is 2.21 bits per heavy atom. The van der Waals surface area contributed by atoms with Crippen molar-refractivity contribution in [3.8, 4) is 0 Å². The molecule has 1 aliphatic rings. The number of carbonyl (C=O) groups excluding carboxylic acids is 2. The Hall–Kier alpha value is -1.60. The quantitative estimate of drug-likeness (QED) is 0.798. The zero-order valence-corrected chi connectivity index (χ0v) is 15.8. The van der Waals surface area contributed by atoms with E-state index in [1.165, 1.54) is 0 Å². The Labute approximate surface area is 150 Å². The standard InChI is InChI=1S/C17H23BrN2O4/c1-17(2,3)24-16(23)20-10-8-19(9-11-20)14(15(21)22)12-4-6-13(18)7-5-12/h4-7,14H,8-11H2,1-3H3,(H,21,22)/t14-/m1/s1. The highest BCUT2D eigenvalue weighted by Crippen LogP contribution is 2.15. The fourth-order valence-corrected chi connectivity index (χ4v) is 3.05. The van der Waals surface area contributed by atoms with E-state index in [-0.39, 0.29) is 6.09 Å². The lowest BCUT2D eigenvalue weighted by atomic mass is 10.0. The number of nitrogens with one attached hydrogen (secondary N) is 1. The lowest BCUT2D eigenvalue weighted by Gasteiger charge is -2.37. The minimum Gasteiger partial charge on any atom is -0.544 e. The van der Waals surface area contributed by atoms with Gasteiger partial charge in [0.1, 0.15) is 11.6 Å². The van der Waals surface area contributed by atoms with E-state index < -0.39 is 17.6 Å². The number of quaternary nitrogens is 1. The summed E-state index contributed by atoms with van der Waals surface area (Å²) >= 11 is 3.35. The maximum atomic E-state index is 12.1. The molecule has 1 heterocycles. The summed E-state index contributed by atoms with van der Waals surface area (Å²) < 4.78 is 6.26. The van der Waals surface area contributed by atoms with Crippen molar-refractivity contribution in [3.63, 3.8) is 0 Å². The zero-order valence-electron chi connectivity index (χ0n) is 14.2. The average molecular weight is 399 g/mol. The van der Waals surface area contributed by atoms with Gasteiger partial charge in [0.25, 0.3) is 0 Å². The van der Waals surface area contributed by atoms with Gasteiger partial charge in [0.05, 0.1) is 26.2 Å². The van der Waals surface area contributed by atoms with Crippen molar-refractivity contribution in [2.75, 3.05) is 26.2 Å². The van der Waals surface area contributed by atoms with Gasteiger partial charge in [-0.3, -0.25) is 4.90 Å². The molecular formula is C17H23BrN2O4. The Bertz CT molecular complexity index is 590. The first-order chi connectivity index (χ1) is 11.2. The van der Waals surface area contributed by atoms with Crippen LogP contribution in [0.15, 0.2) is 28.7 Å². The third-order valence-electron chi connectivity index (χ3n) is 3.90. The van der Waals surface area contributed by atoms with Crippen molar-refractivity contribution in [1.29, 1.82) is 0 Å². The number of carboxylic acids is 1. The number of nitrogens with zero attached hydrogens (tertiary/aromatic N) is 1. The van der Waals surface area contributed by atoms with Crippen LogP contribution in [0.2, 0.25) is 0 Å². The molecule has 0 unspecified atom stereocenters. The predicted molar refractivity (Wildman–Crippen MR) is 90.4 cm³/mol. The van der Waals surface area contributed by atoms with Crippen LogP contribution in [-0.2, 0) is 9.53 Å². The molecule has 1 aromatic carbocycles. The third kappa shape index (κ3) is 4.95. The molecule has 0 saturated carbocycles. The maximum Gasteiger partial charge on any atom is 0.410 e. The number of piperazine rings is 1. The molecule has 7 heteroatoms. The molecule has 1 aromatic rings. The molecule has 2 rings (SSSR count). The molecule has 6 nitrogen and oxygen atoms in total. The number of carbonyl (C=O) groups is 2. The summed E-state index contributed by atoms with van der Waals surface area (Å²) in [5, 5.41) is 11.6. The van der Waals surface area contributed by atoms with Crippen LogP contribution in [-0.4, -0.2) is 48.7 Å². The number of ether oxygens (including phenoxy) is 1. The highest BCUT2D eigenvalue weighted by molar-refractivity contribution is 9.10. The van der Waals surface area contributed by atoms with E-state index in [0.717, 1.165) is 9.37 Å². The first-order valence-electron chi connectivity index (χ1n) is 7.96. The van der Waals surface area contributed by atoms with E-state index in [1.54, 1.807) is 17.0 Å². The van der Waals surface area contributed by atoms with Crippen LogP contribution in [0.1, 0.15) is 32.4 Å². The van der Waals surface area contributed by atoms with Crippen LogP contribution < -0.4 is 10.0 Å². The SMILES string of the molecule is CC(C)(C)OC(=O)N1CC[NH+]([C@@H](C(=O)[O-])c2ccc(Br)cc2)CC1. The number of aliphatic carboxylic acids is 1. The summed E-state index contributed by atoms with van der Waals surface area (Å²) in [5.41, 5.74) is 0.172. The molecule has 1 saturated heterocycles. The molecular weight excluding hydrogens is 376 g/mol. The molecule has 0 bridgehead atoms. The van der Waals surface area contributed by atoms with Crippen LogP contribution >= 0.6 is 15.9 Å². The van der Waals surface area contributed by atoms with Crippen molar-refractivity contribution >= 4 is 28.0 Å². The van der Waals surface area contributed by atoms with E-state index >= 15 is 0 Å². The molecule has 0 aliphatic carbocycles. The first kappa shape index (κ1) is 18.7. The minimum atomic E-state index is -1.10. The predicted octanol–water partition coefficient (Wildman–Crippen LogP) is 0.376. The number of hydrogen-bond acceptors (Lipinski definition) is 4. The van der Waals surface area contributed by atoms with Crippen molar-refractivity contribution in [3.05, 3.63) is 34.3 Å². The van der Waals surface area contributed by atoms with E-state index in [2.05, 4.69) is 15.9 Å². The number of amides is 1. The van der Waals surface area contributed by atoms with Gasteiger partial charge in [0, 0.05) is 10.0 Å². The van der Waals surface area contributed by atoms with Crippen molar-refractivity contribution in [1.82, 2.24) is 4.90 Å². The van der Waals surface area contributed by atoms with Gasteiger partial charge in [0.15, 0.2) is 6.04 Å². The van der Waals surface area contributed by atoms with Gasteiger partial charge >= 0.3 is 6.09 Å².